The SMILES string of the molecule is CCCCCCCCCCC1(CCCCCCCC)COC(=O)C(C)O1. The summed E-state index contributed by atoms with van der Waals surface area (Å²) in [6.07, 6.45) is 20.0. The second-order valence-electron chi connectivity index (χ2n) is 8.29. The zero-order valence-electron chi connectivity index (χ0n) is 17.8. The van der Waals surface area contributed by atoms with E-state index < -0.39 is 6.10 Å². The molecule has 3 heteroatoms. The quantitative estimate of drug-likeness (QED) is 0.218. The molecule has 1 rings (SSSR count). The smallest absolute Gasteiger partial charge is 0.335 e. The van der Waals surface area contributed by atoms with Crippen molar-refractivity contribution < 1.29 is 14.3 Å². The normalized spacial score (nSPS) is 23.2. The zero-order chi connectivity index (χ0) is 19.1. The molecule has 2 atom stereocenters. The molecule has 0 spiro atoms. The highest BCUT2D eigenvalue weighted by molar-refractivity contribution is 5.74. The number of rotatable bonds is 16. The van der Waals surface area contributed by atoms with Crippen LogP contribution in [0.15, 0.2) is 0 Å². The Morgan fingerprint density at radius 1 is 0.769 bits per heavy atom. The molecule has 0 aromatic heterocycles. The molecule has 0 N–H and O–H groups in total. The first-order chi connectivity index (χ1) is 12.6. The van der Waals surface area contributed by atoms with Crippen molar-refractivity contribution >= 4 is 5.97 Å². The molecule has 1 heterocycles. The molecule has 0 bridgehead atoms. The van der Waals surface area contributed by atoms with Gasteiger partial charge < -0.3 is 9.47 Å². The van der Waals surface area contributed by atoms with Gasteiger partial charge in [-0.15, -0.1) is 0 Å². The third kappa shape index (κ3) is 9.94. The van der Waals surface area contributed by atoms with Crippen LogP contribution < -0.4 is 0 Å². The fourth-order valence-corrected chi connectivity index (χ4v) is 3.97. The Balaban J connectivity index is 2.28. The van der Waals surface area contributed by atoms with Gasteiger partial charge in [-0.05, 0) is 19.8 Å². The molecule has 2 unspecified atom stereocenters. The maximum absolute atomic E-state index is 11.7. The second-order valence-corrected chi connectivity index (χ2v) is 8.29. The standard InChI is InChI=1S/C23H44O3/c1-4-6-8-10-12-13-15-17-19-23(18-16-14-11-9-7-5-2)20-25-22(24)21(3)26-23/h21H,4-20H2,1-3H3. The number of carbonyl (C=O) groups is 1. The summed E-state index contributed by atoms with van der Waals surface area (Å²) in [4.78, 5) is 11.7. The Kier molecular flexibility index (Phi) is 13.1. The van der Waals surface area contributed by atoms with Gasteiger partial charge in [-0.25, -0.2) is 4.79 Å². The average molecular weight is 369 g/mol. The number of hydrogen-bond donors (Lipinski definition) is 0. The monoisotopic (exact) mass is 368 g/mol. The number of esters is 1. The van der Waals surface area contributed by atoms with Gasteiger partial charge in [0.25, 0.3) is 0 Å². The topological polar surface area (TPSA) is 35.5 Å². The number of unbranched alkanes of at least 4 members (excludes halogenated alkanes) is 12. The van der Waals surface area contributed by atoms with Crippen molar-refractivity contribution in [2.45, 2.75) is 135 Å². The van der Waals surface area contributed by atoms with Crippen molar-refractivity contribution in [2.75, 3.05) is 6.61 Å². The maximum Gasteiger partial charge on any atom is 0.335 e. The van der Waals surface area contributed by atoms with Gasteiger partial charge in [-0.2, -0.15) is 0 Å². The molecule has 3 nitrogen and oxygen atoms in total. The molecule has 0 radical (unpaired) electrons. The number of cyclic esters (lactones) is 1. The highest BCUT2D eigenvalue weighted by Gasteiger charge is 2.40. The van der Waals surface area contributed by atoms with Crippen LogP contribution in [0.3, 0.4) is 0 Å². The molecule has 0 aromatic carbocycles. The van der Waals surface area contributed by atoms with Gasteiger partial charge in [-0.3, -0.25) is 0 Å². The summed E-state index contributed by atoms with van der Waals surface area (Å²) in [5, 5.41) is 0. The number of hydrogen-bond acceptors (Lipinski definition) is 3. The average Bonchev–Trinajstić information content (AvgIpc) is 2.64. The van der Waals surface area contributed by atoms with Gasteiger partial charge in [0.15, 0.2) is 6.10 Å². The largest absolute Gasteiger partial charge is 0.461 e. The van der Waals surface area contributed by atoms with Crippen molar-refractivity contribution in [3.63, 3.8) is 0 Å². The van der Waals surface area contributed by atoms with Crippen LogP contribution in [-0.2, 0) is 14.3 Å². The first kappa shape index (κ1) is 23.5. The van der Waals surface area contributed by atoms with E-state index in [-0.39, 0.29) is 11.6 Å². The minimum absolute atomic E-state index is 0.195. The number of carbonyl (C=O) groups excluding carboxylic acids is 1. The molecule has 26 heavy (non-hydrogen) atoms. The van der Waals surface area contributed by atoms with Crippen LogP contribution in [0.5, 0.6) is 0 Å². The molecule has 0 saturated carbocycles. The predicted molar refractivity (Wildman–Crippen MR) is 109 cm³/mol. The lowest BCUT2D eigenvalue weighted by Gasteiger charge is -2.39. The highest BCUT2D eigenvalue weighted by Crippen LogP contribution is 2.32. The lowest BCUT2D eigenvalue weighted by Crippen LogP contribution is -2.49. The van der Waals surface area contributed by atoms with Crippen LogP contribution in [0, 0.1) is 0 Å². The van der Waals surface area contributed by atoms with E-state index in [1.807, 2.05) is 6.92 Å². The number of ether oxygens (including phenoxy) is 2. The Morgan fingerprint density at radius 2 is 1.19 bits per heavy atom. The van der Waals surface area contributed by atoms with E-state index in [1.165, 1.54) is 89.9 Å². The molecule has 0 aromatic rings. The van der Waals surface area contributed by atoms with Crippen LogP contribution in [0.25, 0.3) is 0 Å². The van der Waals surface area contributed by atoms with Crippen LogP contribution in [-0.4, -0.2) is 24.3 Å². The van der Waals surface area contributed by atoms with Crippen molar-refractivity contribution in [1.29, 1.82) is 0 Å². The van der Waals surface area contributed by atoms with Crippen LogP contribution >= 0.6 is 0 Å². The highest BCUT2D eigenvalue weighted by atomic mass is 16.6. The molecule has 1 saturated heterocycles. The minimum atomic E-state index is -0.405. The molecule has 154 valence electrons. The summed E-state index contributed by atoms with van der Waals surface area (Å²) < 4.78 is 11.7. The van der Waals surface area contributed by atoms with Gasteiger partial charge in [0.2, 0.25) is 0 Å². The third-order valence-electron chi connectivity index (χ3n) is 5.71. The molecule has 0 aliphatic carbocycles. The van der Waals surface area contributed by atoms with E-state index in [0.29, 0.717) is 6.61 Å². The molecule has 1 aliphatic rings. The van der Waals surface area contributed by atoms with Crippen LogP contribution in [0.4, 0.5) is 0 Å². The van der Waals surface area contributed by atoms with Crippen LogP contribution in [0.1, 0.15) is 124 Å². The van der Waals surface area contributed by atoms with Crippen molar-refractivity contribution in [2.24, 2.45) is 0 Å². The molecular formula is C23H44O3. The minimum Gasteiger partial charge on any atom is -0.461 e. The van der Waals surface area contributed by atoms with Gasteiger partial charge in [0.05, 0.1) is 0 Å². The Hall–Kier alpha value is -0.570. The molecule has 0 amide bonds. The van der Waals surface area contributed by atoms with E-state index in [4.69, 9.17) is 9.47 Å². The first-order valence-electron chi connectivity index (χ1n) is 11.5. The van der Waals surface area contributed by atoms with E-state index in [0.717, 1.165) is 12.8 Å². The van der Waals surface area contributed by atoms with Gasteiger partial charge in [0.1, 0.15) is 12.2 Å². The first-order valence-corrected chi connectivity index (χ1v) is 11.5. The summed E-state index contributed by atoms with van der Waals surface area (Å²) in [7, 11) is 0. The maximum atomic E-state index is 11.7. The predicted octanol–water partition coefficient (Wildman–Crippen LogP) is 6.97. The summed E-state index contributed by atoms with van der Waals surface area (Å²) in [5.41, 5.74) is -0.222. The van der Waals surface area contributed by atoms with E-state index >= 15 is 0 Å². The summed E-state index contributed by atoms with van der Waals surface area (Å²) in [6.45, 7) is 6.82. The zero-order valence-corrected chi connectivity index (χ0v) is 17.8. The molecule has 1 fully saturated rings. The van der Waals surface area contributed by atoms with E-state index in [9.17, 15) is 4.79 Å². The second kappa shape index (κ2) is 14.5. The third-order valence-corrected chi connectivity index (χ3v) is 5.71. The Labute approximate surface area is 162 Å². The van der Waals surface area contributed by atoms with E-state index in [1.54, 1.807) is 0 Å². The van der Waals surface area contributed by atoms with Gasteiger partial charge in [0, 0.05) is 0 Å². The van der Waals surface area contributed by atoms with Gasteiger partial charge in [-0.1, -0.05) is 104 Å². The fourth-order valence-electron chi connectivity index (χ4n) is 3.97. The Morgan fingerprint density at radius 3 is 1.62 bits per heavy atom. The van der Waals surface area contributed by atoms with Gasteiger partial charge >= 0.3 is 5.97 Å². The molecular weight excluding hydrogens is 324 g/mol. The van der Waals surface area contributed by atoms with Crippen molar-refractivity contribution in [1.82, 2.24) is 0 Å². The lowest BCUT2D eigenvalue weighted by molar-refractivity contribution is -0.209. The summed E-state index contributed by atoms with van der Waals surface area (Å²) in [6, 6.07) is 0. The van der Waals surface area contributed by atoms with Crippen molar-refractivity contribution in [3.05, 3.63) is 0 Å². The van der Waals surface area contributed by atoms with E-state index in [2.05, 4.69) is 13.8 Å². The Bertz CT molecular complexity index is 355. The summed E-state index contributed by atoms with van der Waals surface area (Å²) >= 11 is 0. The lowest BCUT2D eigenvalue weighted by atomic mass is 9.89. The molecule has 1 aliphatic heterocycles. The van der Waals surface area contributed by atoms with Crippen molar-refractivity contribution in [3.8, 4) is 0 Å². The summed E-state index contributed by atoms with van der Waals surface area (Å²) in [5.74, 6) is -0.195. The van der Waals surface area contributed by atoms with Crippen LogP contribution in [0.2, 0.25) is 0 Å². The fraction of sp³-hybridized carbons (Fsp3) is 0.957.